The second kappa shape index (κ2) is 6.64. The van der Waals surface area contributed by atoms with Gasteiger partial charge in [-0.25, -0.2) is 9.67 Å². The van der Waals surface area contributed by atoms with Crippen molar-refractivity contribution in [2.24, 2.45) is 5.92 Å². The Hall–Kier alpha value is -2.54. The summed E-state index contributed by atoms with van der Waals surface area (Å²) in [5.41, 5.74) is 1.17. The highest BCUT2D eigenvalue weighted by Crippen LogP contribution is 2.32. The second-order valence-corrected chi connectivity index (χ2v) is 7.79. The smallest absolute Gasteiger partial charge is 0.278 e. The summed E-state index contributed by atoms with van der Waals surface area (Å²) in [6.07, 6.45) is 3.12. The monoisotopic (exact) mass is 368 g/mol. The maximum atomic E-state index is 12.9. The first-order valence-electron chi connectivity index (χ1n) is 8.86. The average molecular weight is 368 g/mol. The van der Waals surface area contributed by atoms with Crippen molar-refractivity contribution in [2.75, 3.05) is 5.32 Å². The molecule has 4 rings (SSSR count). The molecule has 0 unspecified atom stereocenters. The van der Waals surface area contributed by atoms with E-state index in [0.29, 0.717) is 28.4 Å². The molecule has 2 heterocycles. The number of carbonyl (C=O) groups is 1. The van der Waals surface area contributed by atoms with Gasteiger partial charge in [-0.15, -0.1) is 11.3 Å². The normalized spacial score (nSPS) is 16.5. The first-order chi connectivity index (χ1) is 12.6. The third-order valence-corrected chi connectivity index (χ3v) is 5.82. The van der Waals surface area contributed by atoms with Crippen LogP contribution in [0.5, 0.6) is 0 Å². The quantitative estimate of drug-likeness (QED) is 0.770. The molecule has 1 atom stereocenters. The number of aromatic nitrogens is 3. The highest BCUT2D eigenvalue weighted by Gasteiger charge is 2.22. The molecule has 1 aliphatic carbocycles. The zero-order chi connectivity index (χ0) is 18.3. The summed E-state index contributed by atoms with van der Waals surface area (Å²) in [7, 11) is 0. The van der Waals surface area contributed by atoms with E-state index in [1.54, 1.807) is 35.6 Å². The minimum absolute atomic E-state index is 0.182. The number of fused-ring (bicyclic) bond motifs is 2. The number of anilines is 1. The highest BCUT2D eigenvalue weighted by atomic mass is 32.1. The van der Waals surface area contributed by atoms with Crippen molar-refractivity contribution in [3.63, 3.8) is 0 Å². The molecule has 0 saturated heterocycles. The van der Waals surface area contributed by atoms with Crippen LogP contribution in [0.2, 0.25) is 0 Å². The van der Waals surface area contributed by atoms with Crippen LogP contribution in [-0.2, 0) is 19.4 Å². The molecular weight excluding hydrogens is 348 g/mol. The van der Waals surface area contributed by atoms with E-state index in [-0.39, 0.29) is 17.2 Å². The van der Waals surface area contributed by atoms with Crippen LogP contribution in [0.4, 0.5) is 5.13 Å². The van der Waals surface area contributed by atoms with Gasteiger partial charge in [-0.2, -0.15) is 5.10 Å². The number of carbonyl (C=O) groups excluding carboxylic acids is 1. The van der Waals surface area contributed by atoms with Crippen molar-refractivity contribution in [1.29, 1.82) is 0 Å². The Morgan fingerprint density at radius 1 is 1.35 bits per heavy atom. The van der Waals surface area contributed by atoms with E-state index in [1.807, 2.05) is 6.92 Å². The Kier molecular flexibility index (Phi) is 4.32. The lowest BCUT2D eigenvalue weighted by Gasteiger charge is -2.15. The number of thiazole rings is 1. The molecule has 1 amide bonds. The SMILES string of the molecule is CCn1nc(C(=O)Nc2nc3c(s2)C[C@@H](C)CC3)c2ccccc2c1=O. The number of amides is 1. The zero-order valence-corrected chi connectivity index (χ0v) is 15.6. The molecular formula is C19H20N4O2S. The van der Waals surface area contributed by atoms with Crippen LogP contribution in [0.15, 0.2) is 29.1 Å². The van der Waals surface area contributed by atoms with Gasteiger partial charge in [0.15, 0.2) is 10.8 Å². The van der Waals surface area contributed by atoms with Crippen molar-refractivity contribution in [3.05, 3.63) is 50.9 Å². The Labute approximate surface area is 154 Å². The lowest BCUT2D eigenvalue weighted by Crippen LogP contribution is -2.27. The molecule has 0 aliphatic heterocycles. The van der Waals surface area contributed by atoms with Crippen LogP contribution in [-0.4, -0.2) is 20.7 Å². The number of hydrogen-bond acceptors (Lipinski definition) is 5. The van der Waals surface area contributed by atoms with Crippen LogP contribution in [0.1, 0.15) is 41.3 Å². The fourth-order valence-electron chi connectivity index (χ4n) is 3.37. The Morgan fingerprint density at radius 3 is 2.88 bits per heavy atom. The Morgan fingerprint density at radius 2 is 2.12 bits per heavy atom. The van der Waals surface area contributed by atoms with Crippen LogP contribution in [0, 0.1) is 5.92 Å². The molecule has 0 spiro atoms. The number of rotatable bonds is 3. The van der Waals surface area contributed by atoms with Gasteiger partial charge in [-0.3, -0.25) is 14.9 Å². The molecule has 6 nitrogen and oxygen atoms in total. The first-order valence-corrected chi connectivity index (χ1v) is 9.68. The summed E-state index contributed by atoms with van der Waals surface area (Å²) in [6, 6.07) is 7.08. The van der Waals surface area contributed by atoms with E-state index < -0.39 is 0 Å². The minimum atomic E-state index is -0.331. The lowest BCUT2D eigenvalue weighted by atomic mass is 9.93. The van der Waals surface area contributed by atoms with Gasteiger partial charge in [0.05, 0.1) is 11.1 Å². The van der Waals surface area contributed by atoms with E-state index >= 15 is 0 Å². The van der Waals surface area contributed by atoms with Gasteiger partial charge in [0.1, 0.15) is 0 Å². The van der Waals surface area contributed by atoms with Gasteiger partial charge < -0.3 is 0 Å². The molecule has 1 aliphatic rings. The molecule has 3 aromatic rings. The van der Waals surface area contributed by atoms with Gasteiger partial charge >= 0.3 is 0 Å². The minimum Gasteiger partial charge on any atom is -0.296 e. The van der Waals surface area contributed by atoms with Crippen molar-refractivity contribution < 1.29 is 4.79 Å². The summed E-state index contributed by atoms with van der Waals surface area (Å²) in [6.45, 7) is 4.49. The number of nitrogens with zero attached hydrogens (tertiary/aromatic N) is 3. The summed E-state index contributed by atoms with van der Waals surface area (Å²) in [5, 5.41) is 8.83. The van der Waals surface area contributed by atoms with Crippen LogP contribution >= 0.6 is 11.3 Å². The van der Waals surface area contributed by atoms with Crippen LogP contribution < -0.4 is 10.9 Å². The van der Waals surface area contributed by atoms with E-state index in [0.717, 1.165) is 25.0 Å². The van der Waals surface area contributed by atoms with Crippen molar-refractivity contribution in [1.82, 2.24) is 14.8 Å². The summed E-state index contributed by atoms with van der Waals surface area (Å²) in [4.78, 5) is 31.1. The molecule has 1 aromatic carbocycles. The molecule has 0 radical (unpaired) electrons. The number of nitrogens with one attached hydrogen (secondary N) is 1. The topological polar surface area (TPSA) is 76.9 Å². The zero-order valence-electron chi connectivity index (χ0n) is 14.8. The van der Waals surface area contributed by atoms with E-state index in [1.165, 1.54) is 9.56 Å². The summed E-state index contributed by atoms with van der Waals surface area (Å²) >= 11 is 1.54. The van der Waals surface area contributed by atoms with Crippen LogP contribution in [0.25, 0.3) is 10.8 Å². The molecule has 134 valence electrons. The molecule has 0 saturated carbocycles. The van der Waals surface area contributed by atoms with E-state index in [9.17, 15) is 9.59 Å². The van der Waals surface area contributed by atoms with Crippen molar-refractivity contribution >= 4 is 33.1 Å². The first kappa shape index (κ1) is 16.9. The molecule has 7 heteroatoms. The molecule has 2 aromatic heterocycles. The highest BCUT2D eigenvalue weighted by molar-refractivity contribution is 7.15. The molecule has 0 fully saturated rings. The summed E-state index contributed by atoms with van der Waals surface area (Å²) in [5.74, 6) is 0.327. The van der Waals surface area contributed by atoms with Gasteiger partial charge in [-0.05, 0) is 38.2 Å². The molecule has 1 N–H and O–H groups in total. The van der Waals surface area contributed by atoms with Gasteiger partial charge in [0.2, 0.25) is 0 Å². The largest absolute Gasteiger partial charge is 0.296 e. The Bertz CT molecular complexity index is 1050. The number of benzene rings is 1. The van der Waals surface area contributed by atoms with Crippen LogP contribution in [0.3, 0.4) is 0 Å². The fourth-order valence-corrected chi connectivity index (χ4v) is 4.53. The second-order valence-electron chi connectivity index (χ2n) is 6.71. The molecule has 0 bridgehead atoms. The maximum absolute atomic E-state index is 12.9. The predicted molar refractivity (Wildman–Crippen MR) is 103 cm³/mol. The van der Waals surface area contributed by atoms with Crippen molar-refractivity contribution in [3.8, 4) is 0 Å². The third kappa shape index (κ3) is 2.92. The fraction of sp³-hybridized carbons (Fsp3) is 0.368. The van der Waals surface area contributed by atoms with E-state index in [2.05, 4.69) is 22.3 Å². The number of hydrogen-bond donors (Lipinski definition) is 1. The lowest BCUT2D eigenvalue weighted by molar-refractivity contribution is 0.102. The Balaban J connectivity index is 1.71. The average Bonchev–Trinajstić information content (AvgIpc) is 3.03. The maximum Gasteiger partial charge on any atom is 0.278 e. The predicted octanol–water partition coefficient (Wildman–Crippen LogP) is 3.25. The van der Waals surface area contributed by atoms with Gasteiger partial charge in [-0.1, -0.05) is 25.1 Å². The molecule has 26 heavy (non-hydrogen) atoms. The number of aryl methyl sites for hydroxylation is 2. The van der Waals surface area contributed by atoms with Gasteiger partial charge in [0.25, 0.3) is 11.5 Å². The van der Waals surface area contributed by atoms with Crippen molar-refractivity contribution in [2.45, 2.75) is 39.7 Å². The van der Waals surface area contributed by atoms with E-state index in [4.69, 9.17) is 0 Å². The van der Waals surface area contributed by atoms with Gasteiger partial charge in [0, 0.05) is 16.8 Å². The third-order valence-electron chi connectivity index (χ3n) is 4.79. The standard InChI is InChI=1S/C19H20N4O2S/c1-3-23-18(25)13-7-5-4-6-12(13)16(22-23)17(24)21-19-20-14-9-8-11(2)10-15(14)26-19/h4-7,11H,3,8-10H2,1-2H3,(H,20,21,24)/t11-/m0/s1. The summed E-state index contributed by atoms with van der Waals surface area (Å²) < 4.78 is 1.33.